The third kappa shape index (κ3) is 2.89. The van der Waals surface area contributed by atoms with E-state index in [1.54, 1.807) is 25.1 Å². The molecule has 0 aliphatic rings. The Morgan fingerprint density at radius 3 is 2.64 bits per heavy atom. The second kappa shape index (κ2) is 4.67. The summed E-state index contributed by atoms with van der Waals surface area (Å²) in [6, 6.07) is 4.88. The van der Waals surface area contributed by atoms with Gasteiger partial charge in [0.2, 0.25) is 0 Å². The molecule has 0 N–H and O–H groups in total. The number of hydrogen-bond acceptors (Lipinski definition) is 2. The van der Waals surface area contributed by atoms with Crippen molar-refractivity contribution in [3.63, 3.8) is 0 Å². The summed E-state index contributed by atoms with van der Waals surface area (Å²) in [5, 5.41) is 0.975. The first-order valence-electron chi connectivity index (χ1n) is 4.13. The van der Waals surface area contributed by atoms with Crippen molar-refractivity contribution >= 4 is 29.0 Å². The van der Waals surface area contributed by atoms with Gasteiger partial charge in [0.25, 0.3) is 0 Å². The number of ether oxygens (including phenoxy) is 1. The molecule has 0 aliphatic carbocycles. The van der Waals surface area contributed by atoms with E-state index in [9.17, 15) is 4.79 Å². The molecule has 0 amide bonds. The smallest absolute Gasteiger partial charge is 0.169 e. The largest absolute Gasteiger partial charge is 0.481 e. The van der Waals surface area contributed by atoms with Crippen LogP contribution in [0.15, 0.2) is 18.2 Å². The first-order chi connectivity index (χ1) is 6.50. The van der Waals surface area contributed by atoms with Crippen molar-refractivity contribution in [2.24, 2.45) is 0 Å². The lowest BCUT2D eigenvalue weighted by Gasteiger charge is -2.12. The third-order valence-corrected chi connectivity index (χ3v) is 2.32. The minimum Gasteiger partial charge on any atom is -0.481 e. The van der Waals surface area contributed by atoms with Gasteiger partial charge in [-0.3, -0.25) is 4.79 Å². The van der Waals surface area contributed by atoms with Crippen LogP contribution < -0.4 is 4.74 Å². The second-order valence-electron chi connectivity index (χ2n) is 2.95. The van der Waals surface area contributed by atoms with Crippen LogP contribution in [0.25, 0.3) is 0 Å². The van der Waals surface area contributed by atoms with Crippen molar-refractivity contribution in [2.45, 2.75) is 20.0 Å². The second-order valence-corrected chi connectivity index (χ2v) is 3.79. The molecule has 0 radical (unpaired) electrons. The molecule has 1 aromatic carbocycles. The Bertz CT molecular complexity index is 350. The number of carbonyl (C=O) groups is 1. The maximum Gasteiger partial charge on any atom is 0.169 e. The fourth-order valence-electron chi connectivity index (χ4n) is 0.841. The zero-order chi connectivity index (χ0) is 10.7. The van der Waals surface area contributed by atoms with Gasteiger partial charge in [-0.1, -0.05) is 23.2 Å². The maximum atomic E-state index is 10.9. The lowest BCUT2D eigenvalue weighted by Crippen LogP contribution is -2.20. The zero-order valence-corrected chi connectivity index (χ0v) is 9.39. The molecule has 2 nitrogen and oxygen atoms in total. The highest BCUT2D eigenvalue weighted by Gasteiger charge is 2.11. The average Bonchev–Trinajstić information content (AvgIpc) is 2.11. The van der Waals surface area contributed by atoms with Crippen molar-refractivity contribution in [1.29, 1.82) is 0 Å². The van der Waals surface area contributed by atoms with Crippen molar-refractivity contribution in [2.75, 3.05) is 0 Å². The summed E-state index contributed by atoms with van der Waals surface area (Å²) in [5.74, 6) is 0.378. The molecule has 0 fully saturated rings. The molecular formula is C10H10Cl2O2. The summed E-state index contributed by atoms with van der Waals surface area (Å²) in [4.78, 5) is 10.9. The van der Waals surface area contributed by atoms with E-state index in [2.05, 4.69) is 0 Å². The number of halogens is 2. The lowest BCUT2D eigenvalue weighted by molar-refractivity contribution is -0.122. The molecule has 0 saturated heterocycles. The predicted molar refractivity (Wildman–Crippen MR) is 57.2 cm³/mol. The molecule has 0 heterocycles. The number of hydrogen-bond donors (Lipinski definition) is 0. The van der Waals surface area contributed by atoms with E-state index in [1.165, 1.54) is 6.92 Å². The van der Waals surface area contributed by atoms with Crippen LogP contribution >= 0.6 is 23.2 Å². The topological polar surface area (TPSA) is 26.3 Å². The molecule has 76 valence electrons. The number of ketones is 1. The monoisotopic (exact) mass is 232 g/mol. The molecule has 1 rings (SSSR count). The molecule has 0 aromatic heterocycles. The van der Waals surface area contributed by atoms with E-state index >= 15 is 0 Å². The molecule has 1 atom stereocenters. The van der Waals surface area contributed by atoms with Gasteiger partial charge in [0.15, 0.2) is 11.9 Å². The minimum absolute atomic E-state index is 0.0546. The molecule has 0 saturated carbocycles. The molecule has 0 spiro atoms. The summed E-state index contributed by atoms with van der Waals surface area (Å²) < 4.78 is 5.32. The molecule has 0 bridgehead atoms. The minimum atomic E-state index is -0.508. The van der Waals surface area contributed by atoms with Gasteiger partial charge < -0.3 is 4.74 Å². The van der Waals surface area contributed by atoms with Crippen molar-refractivity contribution in [3.05, 3.63) is 28.2 Å². The Labute approximate surface area is 92.8 Å². The summed E-state index contributed by atoms with van der Waals surface area (Å²) in [5.41, 5.74) is 0. The van der Waals surface area contributed by atoms with E-state index in [0.29, 0.717) is 15.8 Å². The number of benzene rings is 1. The summed E-state index contributed by atoms with van der Waals surface area (Å²) in [7, 11) is 0. The van der Waals surface area contributed by atoms with Crippen LogP contribution in [-0.4, -0.2) is 11.9 Å². The van der Waals surface area contributed by atoms with Gasteiger partial charge in [0, 0.05) is 11.1 Å². The number of carbonyl (C=O) groups excluding carboxylic acids is 1. The van der Waals surface area contributed by atoms with Crippen molar-refractivity contribution in [3.8, 4) is 5.75 Å². The van der Waals surface area contributed by atoms with Crippen LogP contribution in [0.3, 0.4) is 0 Å². The first kappa shape index (κ1) is 11.3. The van der Waals surface area contributed by atoms with Crippen LogP contribution in [0.1, 0.15) is 13.8 Å². The maximum absolute atomic E-state index is 10.9. The molecule has 14 heavy (non-hydrogen) atoms. The fraction of sp³-hybridized carbons (Fsp3) is 0.300. The van der Waals surface area contributed by atoms with Gasteiger partial charge in [0.1, 0.15) is 5.75 Å². The standard InChI is InChI=1S/C10H10Cl2O2/c1-6(13)7(2)14-10-5-8(11)3-4-9(10)12/h3-5,7H,1-2H3. The van der Waals surface area contributed by atoms with E-state index in [0.717, 1.165) is 0 Å². The lowest BCUT2D eigenvalue weighted by atomic mass is 10.3. The van der Waals surface area contributed by atoms with Crippen LogP contribution in [-0.2, 0) is 4.79 Å². The third-order valence-electron chi connectivity index (χ3n) is 1.77. The van der Waals surface area contributed by atoms with Gasteiger partial charge in [-0.05, 0) is 26.0 Å². The van der Waals surface area contributed by atoms with E-state index in [1.807, 2.05) is 0 Å². The van der Waals surface area contributed by atoms with Gasteiger partial charge >= 0.3 is 0 Å². The normalized spacial score (nSPS) is 12.3. The summed E-state index contributed by atoms with van der Waals surface area (Å²) >= 11 is 11.6. The van der Waals surface area contributed by atoms with Crippen LogP contribution in [0.5, 0.6) is 5.75 Å². The van der Waals surface area contributed by atoms with E-state index in [-0.39, 0.29) is 5.78 Å². The fourth-order valence-corrected chi connectivity index (χ4v) is 1.17. The van der Waals surface area contributed by atoms with E-state index in [4.69, 9.17) is 27.9 Å². The highest BCUT2D eigenvalue weighted by Crippen LogP contribution is 2.28. The van der Waals surface area contributed by atoms with Crippen LogP contribution in [0.4, 0.5) is 0 Å². The van der Waals surface area contributed by atoms with Gasteiger partial charge in [-0.2, -0.15) is 0 Å². The van der Waals surface area contributed by atoms with Gasteiger partial charge in [-0.15, -0.1) is 0 Å². The molecule has 1 unspecified atom stereocenters. The first-order valence-corrected chi connectivity index (χ1v) is 4.88. The molecule has 0 aliphatic heterocycles. The van der Waals surface area contributed by atoms with Crippen LogP contribution in [0.2, 0.25) is 10.0 Å². The highest BCUT2D eigenvalue weighted by atomic mass is 35.5. The Morgan fingerprint density at radius 1 is 1.43 bits per heavy atom. The quantitative estimate of drug-likeness (QED) is 0.800. The Morgan fingerprint density at radius 2 is 2.07 bits per heavy atom. The van der Waals surface area contributed by atoms with Gasteiger partial charge in [-0.25, -0.2) is 0 Å². The molecular weight excluding hydrogens is 223 g/mol. The van der Waals surface area contributed by atoms with Gasteiger partial charge in [0.05, 0.1) is 5.02 Å². The zero-order valence-electron chi connectivity index (χ0n) is 7.88. The molecule has 4 heteroatoms. The Hall–Kier alpha value is -0.730. The Kier molecular flexibility index (Phi) is 3.78. The predicted octanol–water partition coefficient (Wildman–Crippen LogP) is 3.35. The molecule has 1 aromatic rings. The Balaban J connectivity index is 2.85. The van der Waals surface area contributed by atoms with E-state index < -0.39 is 6.10 Å². The number of rotatable bonds is 3. The van der Waals surface area contributed by atoms with Crippen LogP contribution in [0, 0.1) is 0 Å². The number of Topliss-reactive ketones (excluding diaryl/α,β-unsaturated/α-hetero) is 1. The highest BCUT2D eigenvalue weighted by molar-refractivity contribution is 6.34. The summed E-state index contributed by atoms with van der Waals surface area (Å²) in [6.07, 6.45) is -0.508. The SMILES string of the molecule is CC(=O)C(C)Oc1cc(Cl)ccc1Cl. The average molecular weight is 233 g/mol. The summed E-state index contributed by atoms with van der Waals surface area (Å²) in [6.45, 7) is 3.13. The van der Waals surface area contributed by atoms with Crippen molar-refractivity contribution < 1.29 is 9.53 Å². The van der Waals surface area contributed by atoms with Crippen molar-refractivity contribution in [1.82, 2.24) is 0 Å².